The summed E-state index contributed by atoms with van der Waals surface area (Å²) in [5.41, 5.74) is 0. The molecule has 1 aliphatic rings. The predicted octanol–water partition coefficient (Wildman–Crippen LogP) is 5.03. The fourth-order valence-corrected chi connectivity index (χ4v) is 2.79. The number of unbranched alkanes of at least 4 members (excludes halogenated alkanes) is 2. The van der Waals surface area contributed by atoms with E-state index in [0.29, 0.717) is 0 Å². The van der Waals surface area contributed by atoms with Gasteiger partial charge < -0.3 is 0 Å². The molecule has 0 spiro atoms. The Kier molecular flexibility index (Phi) is 5.59. The lowest BCUT2D eigenvalue weighted by Gasteiger charge is -2.14. The Balaban J connectivity index is 1.93. The van der Waals surface area contributed by atoms with E-state index in [0.717, 1.165) is 17.8 Å². The van der Waals surface area contributed by atoms with Crippen molar-refractivity contribution in [2.45, 2.75) is 72.1 Å². The van der Waals surface area contributed by atoms with E-state index in [1.165, 1.54) is 51.4 Å². The van der Waals surface area contributed by atoms with Crippen LogP contribution in [0, 0.1) is 17.8 Å². The number of hydrogen-bond acceptors (Lipinski definition) is 0. The van der Waals surface area contributed by atoms with Gasteiger partial charge in [0.1, 0.15) is 0 Å². The van der Waals surface area contributed by atoms with Crippen LogP contribution in [-0.2, 0) is 0 Å². The first-order chi connectivity index (χ1) is 6.70. The molecule has 1 rings (SSSR count). The molecule has 1 saturated carbocycles. The van der Waals surface area contributed by atoms with Crippen molar-refractivity contribution in [3.63, 3.8) is 0 Å². The summed E-state index contributed by atoms with van der Waals surface area (Å²) >= 11 is 0. The van der Waals surface area contributed by atoms with Gasteiger partial charge in [-0.3, -0.25) is 0 Å². The van der Waals surface area contributed by atoms with Crippen molar-refractivity contribution in [3.05, 3.63) is 0 Å². The molecule has 0 saturated heterocycles. The van der Waals surface area contributed by atoms with Crippen LogP contribution in [0.4, 0.5) is 0 Å². The van der Waals surface area contributed by atoms with Gasteiger partial charge in [0, 0.05) is 0 Å². The molecular formula is C14H28. The highest BCUT2D eigenvalue weighted by Gasteiger charge is 2.22. The zero-order valence-corrected chi connectivity index (χ0v) is 10.4. The van der Waals surface area contributed by atoms with Crippen molar-refractivity contribution in [2.24, 2.45) is 17.8 Å². The average Bonchev–Trinajstić information content (AvgIpc) is 2.51. The van der Waals surface area contributed by atoms with Gasteiger partial charge in [0.2, 0.25) is 0 Å². The van der Waals surface area contributed by atoms with E-state index in [2.05, 4.69) is 20.8 Å². The van der Waals surface area contributed by atoms with Gasteiger partial charge in [-0.15, -0.1) is 0 Å². The average molecular weight is 196 g/mol. The van der Waals surface area contributed by atoms with Crippen LogP contribution in [0.3, 0.4) is 0 Å². The first kappa shape index (κ1) is 12.1. The second-order valence-electron chi connectivity index (χ2n) is 5.70. The Morgan fingerprint density at radius 3 is 2.43 bits per heavy atom. The van der Waals surface area contributed by atoms with Crippen molar-refractivity contribution in [1.29, 1.82) is 0 Å². The molecule has 0 aromatic carbocycles. The molecule has 0 nitrogen and oxygen atoms in total. The van der Waals surface area contributed by atoms with Crippen molar-refractivity contribution in [2.75, 3.05) is 0 Å². The monoisotopic (exact) mass is 196 g/mol. The predicted molar refractivity (Wildman–Crippen MR) is 64.4 cm³/mol. The first-order valence-electron chi connectivity index (χ1n) is 6.70. The van der Waals surface area contributed by atoms with E-state index in [1.54, 1.807) is 0 Å². The second kappa shape index (κ2) is 6.48. The topological polar surface area (TPSA) is 0 Å². The van der Waals surface area contributed by atoms with E-state index in [4.69, 9.17) is 0 Å². The highest BCUT2D eigenvalue weighted by molar-refractivity contribution is 4.73. The summed E-state index contributed by atoms with van der Waals surface area (Å²) in [4.78, 5) is 0. The summed E-state index contributed by atoms with van der Waals surface area (Å²) in [6, 6.07) is 0. The molecule has 0 N–H and O–H groups in total. The van der Waals surface area contributed by atoms with Gasteiger partial charge in [-0.2, -0.15) is 0 Å². The largest absolute Gasteiger partial charge is 0.0628 e. The molecule has 14 heavy (non-hydrogen) atoms. The van der Waals surface area contributed by atoms with E-state index < -0.39 is 0 Å². The maximum atomic E-state index is 2.45. The second-order valence-corrected chi connectivity index (χ2v) is 5.70. The molecule has 0 aromatic rings. The van der Waals surface area contributed by atoms with Gasteiger partial charge in [0.15, 0.2) is 0 Å². The molecule has 0 heteroatoms. The Morgan fingerprint density at radius 1 is 1.07 bits per heavy atom. The van der Waals surface area contributed by atoms with Crippen LogP contribution in [0.1, 0.15) is 72.1 Å². The molecule has 1 fully saturated rings. The number of rotatable bonds is 6. The van der Waals surface area contributed by atoms with Gasteiger partial charge in [-0.25, -0.2) is 0 Å². The summed E-state index contributed by atoms with van der Waals surface area (Å²) in [7, 11) is 0. The lowest BCUT2D eigenvalue weighted by molar-refractivity contribution is 0.371. The molecule has 0 heterocycles. The van der Waals surface area contributed by atoms with Crippen LogP contribution in [0.5, 0.6) is 0 Å². The Morgan fingerprint density at radius 2 is 1.86 bits per heavy atom. The Labute approximate surface area is 90.5 Å². The van der Waals surface area contributed by atoms with Crippen molar-refractivity contribution < 1.29 is 0 Å². The SMILES string of the molecule is CC(C)CCCCCC1CCCC1C. The molecule has 2 unspecified atom stereocenters. The Hall–Kier alpha value is 0. The maximum Gasteiger partial charge on any atom is -0.0388 e. The van der Waals surface area contributed by atoms with Crippen molar-refractivity contribution >= 4 is 0 Å². The van der Waals surface area contributed by atoms with Crippen LogP contribution >= 0.6 is 0 Å². The van der Waals surface area contributed by atoms with E-state index >= 15 is 0 Å². The summed E-state index contributed by atoms with van der Waals surface area (Å²) in [6.07, 6.45) is 11.9. The van der Waals surface area contributed by atoms with Gasteiger partial charge in [-0.05, 0) is 17.8 Å². The first-order valence-corrected chi connectivity index (χ1v) is 6.70. The normalized spacial score (nSPS) is 27.4. The molecule has 1 aliphatic carbocycles. The zero-order valence-electron chi connectivity index (χ0n) is 10.4. The molecule has 2 atom stereocenters. The summed E-state index contributed by atoms with van der Waals surface area (Å²) in [6.45, 7) is 7.11. The van der Waals surface area contributed by atoms with Crippen LogP contribution in [0.2, 0.25) is 0 Å². The standard InChI is InChI=1S/C14H28/c1-12(2)8-5-4-6-10-14-11-7-9-13(14)3/h12-14H,4-11H2,1-3H3. The van der Waals surface area contributed by atoms with E-state index in [9.17, 15) is 0 Å². The summed E-state index contributed by atoms with van der Waals surface area (Å²) in [5.74, 6) is 3.01. The third-order valence-corrected chi connectivity index (χ3v) is 3.90. The fraction of sp³-hybridized carbons (Fsp3) is 1.00. The molecule has 0 aromatic heterocycles. The maximum absolute atomic E-state index is 2.45. The minimum absolute atomic E-state index is 0.903. The quantitative estimate of drug-likeness (QED) is 0.523. The lowest BCUT2D eigenvalue weighted by atomic mass is 9.92. The van der Waals surface area contributed by atoms with Gasteiger partial charge in [0.05, 0.1) is 0 Å². The highest BCUT2D eigenvalue weighted by atomic mass is 14.3. The van der Waals surface area contributed by atoms with Crippen LogP contribution in [0.25, 0.3) is 0 Å². The highest BCUT2D eigenvalue weighted by Crippen LogP contribution is 2.34. The smallest absolute Gasteiger partial charge is 0.0388 e. The summed E-state index contributed by atoms with van der Waals surface area (Å²) < 4.78 is 0. The zero-order chi connectivity index (χ0) is 10.4. The van der Waals surface area contributed by atoms with Crippen molar-refractivity contribution in [3.8, 4) is 0 Å². The van der Waals surface area contributed by atoms with E-state index in [1.807, 2.05) is 0 Å². The molecule has 0 radical (unpaired) electrons. The third kappa shape index (κ3) is 4.48. The number of hydrogen-bond donors (Lipinski definition) is 0. The lowest BCUT2D eigenvalue weighted by Crippen LogP contribution is -2.03. The van der Waals surface area contributed by atoms with Gasteiger partial charge in [0.25, 0.3) is 0 Å². The molecular weight excluding hydrogens is 168 g/mol. The van der Waals surface area contributed by atoms with Crippen molar-refractivity contribution in [1.82, 2.24) is 0 Å². The third-order valence-electron chi connectivity index (χ3n) is 3.90. The fourth-order valence-electron chi connectivity index (χ4n) is 2.79. The molecule has 84 valence electrons. The van der Waals surface area contributed by atoms with Crippen LogP contribution in [-0.4, -0.2) is 0 Å². The minimum atomic E-state index is 0.903. The molecule has 0 bridgehead atoms. The van der Waals surface area contributed by atoms with Crippen LogP contribution in [0.15, 0.2) is 0 Å². The Bertz CT molecular complexity index is 137. The molecule has 0 aliphatic heterocycles. The minimum Gasteiger partial charge on any atom is -0.0628 e. The van der Waals surface area contributed by atoms with Crippen LogP contribution < -0.4 is 0 Å². The van der Waals surface area contributed by atoms with Gasteiger partial charge in [-0.1, -0.05) is 72.1 Å². The molecule has 0 amide bonds. The van der Waals surface area contributed by atoms with E-state index in [-0.39, 0.29) is 0 Å². The van der Waals surface area contributed by atoms with Gasteiger partial charge >= 0.3 is 0 Å². The summed E-state index contributed by atoms with van der Waals surface area (Å²) in [5, 5.41) is 0.